The van der Waals surface area contributed by atoms with Crippen LogP contribution in [0.15, 0.2) is 158 Å². The number of anilines is 8. The molecule has 0 saturated heterocycles. The van der Waals surface area contributed by atoms with Gasteiger partial charge in [-0.3, -0.25) is 9.80 Å². The van der Waals surface area contributed by atoms with E-state index in [0.29, 0.717) is 5.92 Å². The Morgan fingerprint density at radius 3 is 1.78 bits per heavy atom. The predicted octanol–water partition coefficient (Wildman–Crippen LogP) is 12.2. The average molecular weight is 771 g/mol. The van der Waals surface area contributed by atoms with E-state index in [1.165, 1.54) is 44.7 Å². The van der Waals surface area contributed by atoms with Crippen LogP contribution in [0.4, 0.5) is 46.0 Å². The molecule has 59 heavy (non-hydrogen) atoms. The highest BCUT2D eigenvalue weighted by Crippen LogP contribution is 2.62. The standard InChI is InChI=1S/C51H46N8/c1-5-51(6-2)41-23-15-16-24-42(41)59-49-47(53-28-30-55-49)57(36-19-11-8-12-20-36)50(59)45(51)40-32-44-56(35-17-9-7-10-18-35)46-48(54-29-27-52-46)58(44)43-31-34(25-26-39(40)43)38-22-14-13-21-37(38)33(3)4/h7-31,33,44,50H,5-6,32H2,1-4H3. The van der Waals surface area contributed by atoms with E-state index in [1.54, 1.807) is 0 Å². The van der Waals surface area contributed by atoms with Crippen molar-refractivity contribution in [3.05, 3.63) is 174 Å². The van der Waals surface area contributed by atoms with Crippen molar-refractivity contribution < 1.29 is 0 Å². The minimum atomic E-state index is -0.302. The Hall–Kier alpha value is -6.80. The normalized spacial score (nSPS) is 19.5. The van der Waals surface area contributed by atoms with Crippen LogP contribution in [0.2, 0.25) is 0 Å². The summed E-state index contributed by atoms with van der Waals surface area (Å²) in [5.41, 5.74) is 13.3. The highest BCUT2D eigenvalue weighted by Gasteiger charge is 2.56. The molecular weight excluding hydrogens is 725 g/mol. The molecule has 6 heterocycles. The third-order valence-corrected chi connectivity index (χ3v) is 13.2. The summed E-state index contributed by atoms with van der Waals surface area (Å²) in [6.07, 6.45) is 9.58. The van der Waals surface area contributed by atoms with Crippen LogP contribution >= 0.6 is 0 Å². The van der Waals surface area contributed by atoms with Crippen LogP contribution in [0.25, 0.3) is 16.7 Å². The number of nitrogens with zero attached hydrogens (tertiary/aromatic N) is 8. The first-order valence-corrected chi connectivity index (χ1v) is 21.0. The van der Waals surface area contributed by atoms with Crippen molar-refractivity contribution in [2.45, 2.75) is 70.6 Å². The van der Waals surface area contributed by atoms with Gasteiger partial charge in [-0.05, 0) is 88.6 Å². The van der Waals surface area contributed by atoms with Gasteiger partial charge in [-0.2, -0.15) is 0 Å². The van der Waals surface area contributed by atoms with Crippen molar-refractivity contribution in [1.29, 1.82) is 0 Å². The molecule has 8 nitrogen and oxygen atoms in total. The molecule has 0 radical (unpaired) electrons. The van der Waals surface area contributed by atoms with Crippen LogP contribution in [0.5, 0.6) is 0 Å². The van der Waals surface area contributed by atoms with Gasteiger partial charge in [-0.25, -0.2) is 19.9 Å². The van der Waals surface area contributed by atoms with Crippen molar-refractivity contribution in [2.24, 2.45) is 0 Å². The van der Waals surface area contributed by atoms with Gasteiger partial charge in [0, 0.05) is 59.2 Å². The lowest BCUT2D eigenvalue weighted by molar-refractivity contribution is 0.422. The van der Waals surface area contributed by atoms with Crippen LogP contribution in [0, 0.1) is 0 Å². The minimum Gasteiger partial charge on any atom is -0.302 e. The second-order valence-corrected chi connectivity index (χ2v) is 16.3. The molecule has 290 valence electrons. The molecule has 7 aromatic rings. The first kappa shape index (κ1) is 35.4. The zero-order valence-corrected chi connectivity index (χ0v) is 33.9. The molecule has 4 aliphatic rings. The Balaban J connectivity index is 1.26. The van der Waals surface area contributed by atoms with Crippen LogP contribution in [-0.2, 0) is 5.41 Å². The Labute approximate surface area is 346 Å². The van der Waals surface area contributed by atoms with Gasteiger partial charge in [-0.15, -0.1) is 0 Å². The molecule has 0 spiro atoms. The van der Waals surface area contributed by atoms with Gasteiger partial charge < -0.3 is 9.80 Å². The molecule has 0 bridgehead atoms. The fourth-order valence-electron chi connectivity index (χ4n) is 10.7. The summed E-state index contributed by atoms with van der Waals surface area (Å²) < 4.78 is 0. The van der Waals surface area contributed by atoms with E-state index < -0.39 is 0 Å². The number of benzene rings is 5. The lowest BCUT2D eigenvalue weighted by Gasteiger charge is -2.51. The maximum atomic E-state index is 5.11. The monoisotopic (exact) mass is 770 g/mol. The van der Waals surface area contributed by atoms with Crippen LogP contribution in [0.1, 0.15) is 69.6 Å². The van der Waals surface area contributed by atoms with Crippen molar-refractivity contribution in [2.75, 3.05) is 19.6 Å². The number of hydrogen-bond donors (Lipinski definition) is 0. The Morgan fingerprint density at radius 2 is 1.12 bits per heavy atom. The second kappa shape index (κ2) is 13.7. The summed E-state index contributed by atoms with van der Waals surface area (Å²) in [5, 5.41) is 0. The molecule has 0 amide bonds. The van der Waals surface area contributed by atoms with Gasteiger partial charge in [0.05, 0.1) is 5.69 Å². The van der Waals surface area contributed by atoms with Gasteiger partial charge in [0.2, 0.25) is 0 Å². The van der Waals surface area contributed by atoms with Crippen LogP contribution < -0.4 is 19.6 Å². The number of hydrogen-bond acceptors (Lipinski definition) is 8. The Kier molecular flexibility index (Phi) is 8.19. The molecule has 2 atom stereocenters. The lowest BCUT2D eigenvalue weighted by atomic mass is 9.63. The van der Waals surface area contributed by atoms with E-state index in [1.807, 2.05) is 24.8 Å². The second-order valence-electron chi connectivity index (χ2n) is 16.3. The van der Waals surface area contributed by atoms with Crippen molar-refractivity contribution >= 4 is 51.6 Å². The van der Waals surface area contributed by atoms with E-state index in [2.05, 4.69) is 175 Å². The first-order valence-electron chi connectivity index (χ1n) is 21.0. The first-order chi connectivity index (χ1) is 29.0. The van der Waals surface area contributed by atoms with Crippen molar-refractivity contribution in [3.63, 3.8) is 0 Å². The third-order valence-electron chi connectivity index (χ3n) is 13.2. The minimum absolute atomic E-state index is 0.123. The van der Waals surface area contributed by atoms with Crippen molar-refractivity contribution in [3.8, 4) is 11.1 Å². The zero-order chi connectivity index (χ0) is 39.8. The van der Waals surface area contributed by atoms with E-state index in [0.717, 1.165) is 59.6 Å². The molecule has 0 aliphatic carbocycles. The maximum absolute atomic E-state index is 5.11. The fraction of sp³-hybridized carbons (Fsp3) is 0.216. The van der Waals surface area contributed by atoms with Gasteiger partial charge in [-0.1, -0.05) is 119 Å². The largest absolute Gasteiger partial charge is 0.302 e. The van der Waals surface area contributed by atoms with E-state index in [4.69, 9.17) is 19.9 Å². The van der Waals surface area contributed by atoms with Gasteiger partial charge in [0.15, 0.2) is 23.3 Å². The van der Waals surface area contributed by atoms with Gasteiger partial charge >= 0.3 is 0 Å². The predicted molar refractivity (Wildman–Crippen MR) is 239 cm³/mol. The lowest BCUT2D eigenvalue weighted by Crippen LogP contribution is -2.52. The Bertz CT molecular complexity index is 2760. The van der Waals surface area contributed by atoms with Gasteiger partial charge in [0.25, 0.3) is 0 Å². The van der Waals surface area contributed by atoms with Crippen LogP contribution in [0.3, 0.4) is 0 Å². The summed E-state index contributed by atoms with van der Waals surface area (Å²) >= 11 is 0. The molecule has 8 heteroatoms. The average Bonchev–Trinajstić information content (AvgIpc) is 3.82. The smallest absolute Gasteiger partial charge is 0.178 e. The third kappa shape index (κ3) is 5.08. The maximum Gasteiger partial charge on any atom is 0.178 e. The number of fused-ring (bicyclic) bond motifs is 10. The summed E-state index contributed by atoms with van der Waals surface area (Å²) in [6, 6.07) is 46.5. The molecule has 11 rings (SSSR count). The molecule has 5 aromatic carbocycles. The molecule has 4 aliphatic heterocycles. The molecule has 2 aromatic heterocycles. The van der Waals surface area contributed by atoms with E-state index in [-0.39, 0.29) is 17.7 Å². The number of para-hydroxylation sites is 3. The fourth-order valence-corrected chi connectivity index (χ4v) is 10.7. The topological polar surface area (TPSA) is 64.5 Å². The summed E-state index contributed by atoms with van der Waals surface area (Å²) in [6.45, 7) is 9.31. The number of rotatable bonds is 6. The number of aromatic nitrogens is 4. The molecular formula is C51H46N8. The van der Waals surface area contributed by atoms with Gasteiger partial charge in [0.1, 0.15) is 12.3 Å². The van der Waals surface area contributed by atoms with E-state index >= 15 is 0 Å². The van der Waals surface area contributed by atoms with E-state index in [9.17, 15) is 0 Å². The molecule has 2 unspecified atom stereocenters. The highest BCUT2D eigenvalue weighted by molar-refractivity contribution is 5.98. The quantitative estimate of drug-likeness (QED) is 0.166. The highest BCUT2D eigenvalue weighted by atomic mass is 15.5. The SMILES string of the molecule is CCC1(CC)C(=C2CC3N(c4ccccc4)c4nccnc4N3c3cc(-c4ccccc4C(C)C)ccc32)C2N(c3ccccc3)c3nccnc3N2c2ccccc21. The summed E-state index contributed by atoms with van der Waals surface area (Å²) in [7, 11) is 0. The molecule has 0 saturated carbocycles. The summed E-state index contributed by atoms with van der Waals surface area (Å²) in [4.78, 5) is 30.2. The van der Waals surface area contributed by atoms with Crippen LogP contribution in [-0.4, -0.2) is 32.3 Å². The summed E-state index contributed by atoms with van der Waals surface area (Å²) in [5.74, 6) is 3.86. The zero-order valence-electron chi connectivity index (χ0n) is 33.9. The molecule has 0 N–H and O–H groups in total. The Morgan fingerprint density at radius 1 is 0.559 bits per heavy atom. The molecule has 0 fully saturated rings. The van der Waals surface area contributed by atoms with Crippen molar-refractivity contribution in [1.82, 2.24) is 19.9 Å².